The Bertz CT molecular complexity index is 671. The van der Waals surface area contributed by atoms with Crippen molar-refractivity contribution in [1.29, 1.82) is 0 Å². The van der Waals surface area contributed by atoms with Crippen molar-refractivity contribution in [2.75, 3.05) is 25.3 Å². The first-order valence-electron chi connectivity index (χ1n) is 6.17. The molecule has 0 aliphatic carbocycles. The van der Waals surface area contributed by atoms with Crippen LogP contribution >= 0.6 is 0 Å². The zero-order valence-corrected chi connectivity index (χ0v) is 11.7. The second kappa shape index (κ2) is 6.04. The van der Waals surface area contributed by atoms with Crippen LogP contribution in [0.15, 0.2) is 36.4 Å². The number of phenolic OH excluding ortho intramolecular Hbond substituents is 1. The van der Waals surface area contributed by atoms with Gasteiger partial charge in [-0.2, -0.15) is 0 Å². The summed E-state index contributed by atoms with van der Waals surface area (Å²) in [5, 5.41) is 12.5. The number of carbonyl (C=O) groups is 1. The van der Waals surface area contributed by atoms with Crippen LogP contribution in [0, 0.1) is 0 Å². The van der Waals surface area contributed by atoms with Crippen LogP contribution in [0.5, 0.6) is 17.2 Å². The monoisotopic (exact) mass is 288 g/mol. The molecular formula is C15H16N2O4. The van der Waals surface area contributed by atoms with E-state index in [-0.39, 0.29) is 11.3 Å². The standard InChI is InChI=1S/C15H16N2O4/c1-20-10-4-5-11(13(18)8-10)15(19)17-12-7-9(16)3-6-14(12)21-2/h3-8,18H,16H2,1-2H3,(H,17,19). The summed E-state index contributed by atoms with van der Waals surface area (Å²) < 4.78 is 10.1. The second-order valence-corrected chi connectivity index (χ2v) is 4.30. The van der Waals surface area contributed by atoms with Crippen molar-refractivity contribution in [3.8, 4) is 17.2 Å². The predicted octanol–water partition coefficient (Wildman–Crippen LogP) is 2.24. The minimum atomic E-state index is -0.473. The van der Waals surface area contributed by atoms with Crippen molar-refractivity contribution in [3.63, 3.8) is 0 Å². The van der Waals surface area contributed by atoms with Gasteiger partial charge in [-0.15, -0.1) is 0 Å². The third kappa shape index (κ3) is 3.17. The fraction of sp³-hybridized carbons (Fsp3) is 0.133. The maximum atomic E-state index is 12.2. The number of ether oxygens (including phenoxy) is 2. The van der Waals surface area contributed by atoms with E-state index in [1.165, 1.54) is 26.4 Å². The molecule has 2 aromatic rings. The molecule has 110 valence electrons. The normalized spacial score (nSPS) is 10.0. The molecule has 6 nitrogen and oxygen atoms in total. The lowest BCUT2D eigenvalue weighted by Crippen LogP contribution is -2.13. The Morgan fingerprint density at radius 1 is 1.14 bits per heavy atom. The van der Waals surface area contributed by atoms with Crippen molar-refractivity contribution in [1.82, 2.24) is 0 Å². The first-order chi connectivity index (χ1) is 10.0. The summed E-state index contributed by atoms with van der Waals surface area (Å²) in [6.07, 6.45) is 0. The van der Waals surface area contributed by atoms with E-state index in [1.54, 1.807) is 24.3 Å². The van der Waals surface area contributed by atoms with Gasteiger partial charge in [0, 0.05) is 11.8 Å². The predicted molar refractivity (Wildman–Crippen MR) is 80.0 cm³/mol. The van der Waals surface area contributed by atoms with E-state index in [1.807, 2.05) is 0 Å². The van der Waals surface area contributed by atoms with Crippen molar-refractivity contribution < 1.29 is 19.4 Å². The molecule has 4 N–H and O–H groups in total. The van der Waals surface area contributed by atoms with Crippen LogP contribution in [-0.2, 0) is 0 Å². The number of amides is 1. The summed E-state index contributed by atoms with van der Waals surface area (Å²) >= 11 is 0. The fourth-order valence-corrected chi connectivity index (χ4v) is 1.84. The largest absolute Gasteiger partial charge is 0.507 e. The molecule has 0 aromatic heterocycles. The highest BCUT2D eigenvalue weighted by Crippen LogP contribution is 2.29. The Labute approximate surface area is 122 Å². The SMILES string of the molecule is COc1ccc(C(=O)Nc2cc(N)ccc2OC)c(O)c1. The number of carbonyl (C=O) groups excluding carboxylic acids is 1. The first kappa shape index (κ1) is 14.5. The van der Waals surface area contributed by atoms with E-state index in [0.717, 1.165) is 0 Å². The average Bonchev–Trinajstić information content (AvgIpc) is 2.47. The number of nitrogens with two attached hydrogens (primary N) is 1. The highest BCUT2D eigenvalue weighted by Gasteiger charge is 2.14. The number of nitrogens with one attached hydrogen (secondary N) is 1. The van der Waals surface area contributed by atoms with Crippen LogP contribution in [0.25, 0.3) is 0 Å². The summed E-state index contributed by atoms with van der Waals surface area (Å²) in [5.41, 5.74) is 6.74. The summed E-state index contributed by atoms with van der Waals surface area (Å²) in [5.74, 6) is 0.296. The number of rotatable bonds is 4. The zero-order valence-electron chi connectivity index (χ0n) is 11.7. The lowest BCUT2D eigenvalue weighted by molar-refractivity contribution is 0.102. The maximum Gasteiger partial charge on any atom is 0.259 e. The molecule has 0 aliphatic heterocycles. The van der Waals surface area contributed by atoms with E-state index in [4.69, 9.17) is 15.2 Å². The van der Waals surface area contributed by atoms with Crippen LogP contribution in [0.4, 0.5) is 11.4 Å². The van der Waals surface area contributed by atoms with Gasteiger partial charge in [-0.3, -0.25) is 4.79 Å². The molecule has 2 rings (SSSR count). The van der Waals surface area contributed by atoms with Crippen molar-refractivity contribution in [2.45, 2.75) is 0 Å². The van der Waals surface area contributed by atoms with Crippen LogP contribution in [-0.4, -0.2) is 25.2 Å². The van der Waals surface area contributed by atoms with Crippen molar-refractivity contribution in [2.24, 2.45) is 0 Å². The fourth-order valence-electron chi connectivity index (χ4n) is 1.84. The Morgan fingerprint density at radius 2 is 1.90 bits per heavy atom. The number of phenols is 1. The summed E-state index contributed by atoms with van der Waals surface area (Å²) in [6, 6.07) is 9.33. The summed E-state index contributed by atoms with van der Waals surface area (Å²) in [4.78, 5) is 12.2. The topological polar surface area (TPSA) is 93.8 Å². The van der Waals surface area contributed by atoms with Gasteiger partial charge in [0.2, 0.25) is 0 Å². The highest BCUT2D eigenvalue weighted by atomic mass is 16.5. The number of hydrogen-bond donors (Lipinski definition) is 3. The first-order valence-corrected chi connectivity index (χ1v) is 6.17. The van der Waals surface area contributed by atoms with Gasteiger partial charge in [-0.05, 0) is 30.3 Å². The molecule has 0 spiro atoms. The molecule has 0 atom stereocenters. The molecule has 0 bridgehead atoms. The number of benzene rings is 2. The third-order valence-electron chi connectivity index (χ3n) is 2.92. The van der Waals surface area contributed by atoms with Gasteiger partial charge in [0.25, 0.3) is 5.91 Å². The van der Waals surface area contributed by atoms with E-state index in [0.29, 0.717) is 22.9 Å². The number of hydrogen-bond acceptors (Lipinski definition) is 5. The summed E-state index contributed by atoms with van der Waals surface area (Å²) in [7, 11) is 2.97. The van der Waals surface area contributed by atoms with Crippen LogP contribution in [0.1, 0.15) is 10.4 Å². The molecule has 0 fully saturated rings. The lowest BCUT2D eigenvalue weighted by Gasteiger charge is -2.12. The van der Waals surface area contributed by atoms with Gasteiger partial charge in [0.1, 0.15) is 17.2 Å². The Kier molecular flexibility index (Phi) is 4.18. The molecular weight excluding hydrogens is 272 g/mol. The molecule has 1 amide bonds. The van der Waals surface area contributed by atoms with Crippen molar-refractivity contribution in [3.05, 3.63) is 42.0 Å². The van der Waals surface area contributed by atoms with Gasteiger partial charge in [0.15, 0.2) is 0 Å². The smallest absolute Gasteiger partial charge is 0.259 e. The molecule has 2 aromatic carbocycles. The van der Waals surface area contributed by atoms with Gasteiger partial charge < -0.3 is 25.6 Å². The number of methoxy groups -OCH3 is 2. The number of nitrogen functional groups attached to an aromatic ring is 1. The minimum absolute atomic E-state index is 0.125. The van der Waals surface area contributed by atoms with Gasteiger partial charge >= 0.3 is 0 Å². The van der Waals surface area contributed by atoms with Gasteiger partial charge in [-0.1, -0.05) is 0 Å². The van der Waals surface area contributed by atoms with E-state index < -0.39 is 5.91 Å². The molecule has 21 heavy (non-hydrogen) atoms. The average molecular weight is 288 g/mol. The molecule has 0 aliphatic rings. The third-order valence-corrected chi connectivity index (χ3v) is 2.92. The number of aromatic hydroxyl groups is 1. The van der Waals surface area contributed by atoms with Crippen LogP contribution < -0.4 is 20.5 Å². The van der Waals surface area contributed by atoms with E-state index in [9.17, 15) is 9.90 Å². The van der Waals surface area contributed by atoms with E-state index in [2.05, 4.69) is 5.32 Å². The van der Waals surface area contributed by atoms with Gasteiger partial charge in [-0.25, -0.2) is 0 Å². The molecule has 0 saturated carbocycles. The lowest BCUT2D eigenvalue weighted by atomic mass is 10.1. The van der Waals surface area contributed by atoms with Crippen molar-refractivity contribution >= 4 is 17.3 Å². The zero-order chi connectivity index (χ0) is 15.4. The Balaban J connectivity index is 2.28. The molecule has 0 saturated heterocycles. The molecule has 0 radical (unpaired) electrons. The Hall–Kier alpha value is -2.89. The Morgan fingerprint density at radius 3 is 2.52 bits per heavy atom. The molecule has 0 unspecified atom stereocenters. The van der Waals surface area contributed by atoms with Gasteiger partial charge in [0.05, 0.1) is 25.5 Å². The summed E-state index contributed by atoms with van der Waals surface area (Å²) in [6.45, 7) is 0. The maximum absolute atomic E-state index is 12.2. The van der Waals surface area contributed by atoms with Crippen LogP contribution in [0.3, 0.4) is 0 Å². The molecule has 0 heterocycles. The molecule has 6 heteroatoms. The minimum Gasteiger partial charge on any atom is -0.507 e. The van der Waals surface area contributed by atoms with E-state index >= 15 is 0 Å². The van der Waals surface area contributed by atoms with Crippen LogP contribution in [0.2, 0.25) is 0 Å². The highest BCUT2D eigenvalue weighted by molar-refractivity contribution is 6.07. The number of anilines is 2. The second-order valence-electron chi connectivity index (χ2n) is 4.30. The quantitative estimate of drug-likeness (QED) is 0.750.